The Hall–Kier alpha value is -3.39. The average molecular weight is 431 g/mol. The quantitative estimate of drug-likeness (QED) is 0.469. The van der Waals surface area contributed by atoms with Crippen LogP contribution in [-0.4, -0.2) is 35.5 Å². The Balaban J connectivity index is 1.39. The second-order valence-electron chi connectivity index (χ2n) is 7.45. The fourth-order valence-electron chi connectivity index (χ4n) is 3.86. The van der Waals surface area contributed by atoms with E-state index >= 15 is 0 Å². The minimum atomic E-state index is -0.234. The van der Waals surface area contributed by atoms with E-state index in [1.807, 2.05) is 59.4 Å². The van der Waals surface area contributed by atoms with Crippen LogP contribution in [0.25, 0.3) is 11.0 Å². The van der Waals surface area contributed by atoms with Crippen molar-refractivity contribution in [2.45, 2.75) is 36.3 Å². The summed E-state index contributed by atoms with van der Waals surface area (Å²) in [5, 5.41) is 12.4. The molecule has 3 heterocycles. The molecule has 5 rings (SSSR count). The number of fused-ring (bicyclic) bond motifs is 2. The zero-order valence-corrected chi connectivity index (χ0v) is 17.8. The molecule has 0 bridgehead atoms. The Morgan fingerprint density at radius 1 is 1.16 bits per heavy atom. The van der Waals surface area contributed by atoms with Gasteiger partial charge in [-0.05, 0) is 36.6 Å². The maximum absolute atomic E-state index is 12.8. The highest BCUT2D eigenvalue weighted by molar-refractivity contribution is 8.00. The first kappa shape index (κ1) is 19.6. The number of imidazole rings is 1. The molecule has 2 aromatic carbocycles. The second kappa shape index (κ2) is 8.39. The predicted octanol–water partition coefficient (Wildman–Crippen LogP) is 3.91. The van der Waals surface area contributed by atoms with E-state index < -0.39 is 0 Å². The van der Waals surface area contributed by atoms with Crippen molar-refractivity contribution in [3.8, 4) is 0 Å². The van der Waals surface area contributed by atoms with Crippen LogP contribution in [0.15, 0.2) is 72.7 Å². The van der Waals surface area contributed by atoms with Gasteiger partial charge >= 0.3 is 0 Å². The lowest BCUT2D eigenvalue weighted by atomic mass is 10.1. The summed E-state index contributed by atoms with van der Waals surface area (Å²) in [5.41, 5.74) is 4.06. The van der Waals surface area contributed by atoms with Gasteiger partial charge in [0.05, 0.1) is 29.2 Å². The van der Waals surface area contributed by atoms with E-state index in [1.54, 1.807) is 0 Å². The van der Waals surface area contributed by atoms with Gasteiger partial charge in [0, 0.05) is 12.2 Å². The number of carbonyl (C=O) groups excluding carboxylic acids is 1. The largest absolute Gasteiger partial charge is 0.325 e. The van der Waals surface area contributed by atoms with Crippen molar-refractivity contribution < 1.29 is 4.79 Å². The van der Waals surface area contributed by atoms with Crippen LogP contribution in [0.5, 0.6) is 0 Å². The third-order valence-electron chi connectivity index (χ3n) is 5.44. The van der Waals surface area contributed by atoms with Crippen molar-refractivity contribution in [3.05, 3.63) is 78.9 Å². The van der Waals surface area contributed by atoms with Crippen LogP contribution in [-0.2, 0) is 24.3 Å². The molecule has 1 amide bonds. The van der Waals surface area contributed by atoms with Gasteiger partial charge in [-0.3, -0.25) is 4.79 Å². The van der Waals surface area contributed by atoms with Crippen LogP contribution in [0.4, 0.5) is 5.69 Å². The van der Waals surface area contributed by atoms with E-state index in [-0.39, 0.29) is 11.2 Å². The third-order valence-corrected chi connectivity index (χ3v) is 6.68. The number of thioether (sulfide) groups is 1. The highest BCUT2D eigenvalue weighted by Crippen LogP contribution is 2.31. The Kier molecular flexibility index (Phi) is 5.30. The number of hydrogen-bond acceptors (Lipinski definition) is 5. The Morgan fingerprint density at radius 3 is 2.90 bits per heavy atom. The maximum atomic E-state index is 12.8. The molecule has 0 aliphatic carbocycles. The summed E-state index contributed by atoms with van der Waals surface area (Å²) in [6.07, 6.45) is 5.23. The summed E-state index contributed by atoms with van der Waals surface area (Å²) < 4.78 is 4.08. The Labute approximate surface area is 184 Å². The molecule has 4 aromatic rings. The number of nitrogens with one attached hydrogen (secondary N) is 1. The summed E-state index contributed by atoms with van der Waals surface area (Å²) >= 11 is 1.46. The second-order valence-corrected chi connectivity index (χ2v) is 8.62. The smallest absolute Gasteiger partial charge is 0.237 e. The fourth-order valence-corrected chi connectivity index (χ4v) is 4.91. The summed E-state index contributed by atoms with van der Waals surface area (Å²) in [5.74, 6) is 0.813. The van der Waals surface area contributed by atoms with Crippen LogP contribution >= 0.6 is 11.8 Å². The third kappa shape index (κ3) is 3.86. The molecule has 0 saturated carbocycles. The Bertz CT molecular complexity index is 1260. The summed E-state index contributed by atoms with van der Waals surface area (Å²) in [6, 6.07) is 16.0. The topological polar surface area (TPSA) is 77.6 Å². The van der Waals surface area contributed by atoms with E-state index in [2.05, 4.69) is 37.7 Å². The number of aromatic nitrogens is 5. The van der Waals surface area contributed by atoms with Crippen LogP contribution in [0.3, 0.4) is 0 Å². The molecular weight excluding hydrogens is 408 g/mol. The van der Waals surface area contributed by atoms with Gasteiger partial charge in [-0.15, -0.1) is 16.8 Å². The van der Waals surface area contributed by atoms with Gasteiger partial charge in [0.1, 0.15) is 0 Å². The molecule has 1 atom stereocenters. The van der Waals surface area contributed by atoms with Crippen molar-refractivity contribution in [3.63, 3.8) is 0 Å². The standard InChI is InChI=1S/C23H22N6OS/c1-2-13-29-21(14-28-15-24-18-9-5-6-10-19(18)28)26-27-23(29)31-20-12-11-16-7-3-4-8-17(16)25-22(20)30/h2-10,15,20H,1,11-14H2,(H,25,30). The zero-order valence-electron chi connectivity index (χ0n) is 16.9. The van der Waals surface area contributed by atoms with Gasteiger partial charge in [-0.2, -0.15) is 0 Å². The number of allylic oxidation sites excluding steroid dienone is 1. The monoisotopic (exact) mass is 430 g/mol. The van der Waals surface area contributed by atoms with Crippen molar-refractivity contribution in [2.75, 3.05) is 5.32 Å². The van der Waals surface area contributed by atoms with Gasteiger partial charge in [0.2, 0.25) is 5.91 Å². The minimum Gasteiger partial charge on any atom is -0.325 e. The lowest BCUT2D eigenvalue weighted by molar-refractivity contribution is -0.115. The summed E-state index contributed by atoms with van der Waals surface area (Å²) in [4.78, 5) is 17.3. The van der Waals surface area contributed by atoms with E-state index in [0.29, 0.717) is 13.1 Å². The number of rotatable bonds is 6. The number of anilines is 1. The Morgan fingerprint density at radius 2 is 2.00 bits per heavy atom. The molecule has 0 spiro atoms. The first-order valence-electron chi connectivity index (χ1n) is 10.2. The highest BCUT2D eigenvalue weighted by Gasteiger charge is 2.27. The van der Waals surface area contributed by atoms with Crippen molar-refractivity contribution in [1.29, 1.82) is 0 Å². The van der Waals surface area contributed by atoms with Gasteiger partial charge in [0.15, 0.2) is 11.0 Å². The molecule has 0 radical (unpaired) electrons. The molecule has 1 unspecified atom stereocenters. The molecule has 31 heavy (non-hydrogen) atoms. The SMILES string of the molecule is C=CCn1c(Cn2cnc3ccccc32)nnc1SC1CCc2ccccc2NC1=O. The maximum Gasteiger partial charge on any atom is 0.237 e. The first-order valence-corrected chi connectivity index (χ1v) is 11.1. The van der Waals surface area contributed by atoms with Crippen LogP contribution < -0.4 is 5.32 Å². The zero-order chi connectivity index (χ0) is 21.2. The lowest BCUT2D eigenvalue weighted by Crippen LogP contribution is -2.24. The number of amides is 1. The fraction of sp³-hybridized carbons (Fsp3) is 0.217. The van der Waals surface area contributed by atoms with E-state index in [0.717, 1.165) is 40.5 Å². The molecule has 7 nitrogen and oxygen atoms in total. The molecule has 156 valence electrons. The molecule has 1 aliphatic heterocycles. The molecule has 8 heteroatoms. The molecule has 0 saturated heterocycles. The van der Waals surface area contributed by atoms with E-state index in [9.17, 15) is 4.79 Å². The lowest BCUT2D eigenvalue weighted by Gasteiger charge is -2.14. The molecular formula is C23H22N6OS. The summed E-state index contributed by atoms with van der Waals surface area (Å²) in [6.45, 7) is 5.01. The van der Waals surface area contributed by atoms with Crippen LogP contribution in [0.1, 0.15) is 17.8 Å². The molecule has 2 aromatic heterocycles. The number of nitrogens with zero attached hydrogens (tertiary/aromatic N) is 5. The predicted molar refractivity (Wildman–Crippen MR) is 122 cm³/mol. The van der Waals surface area contributed by atoms with Crippen molar-refractivity contribution >= 4 is 34.4 Å². The van der Waals surface area contributed by atoms with Crippen LogP contribution in [0.2, 0.25) is 0 Å². The molecule has 1 aliphatic rings. The van der Waals surface area contributed by atoms with Crippen LogP contribution in [0, 0.1) is 0 Å². The highest BCUT2D eigenvalue weighted by atomic mass is 32.2. The molecule has 1 N–H and O–H groups in total. The van der Waals surface area contributed by atoms with E-state index in [1.165, 1.54) is 17.3 Å². The van der Waals surface area contributed by atoms with Gasteiger partial charge in [-0.1, -0.05) is 48.2 Å². The van der Waals surface area contributed by atoms with Gasteiger partial charge < -0.3 is 14.5 Å². The number of carbonyl (C=O) groups is 1. The number of para-hydroxylation sites is 3. The van der Waals surface area contributed by atoms with Crippen molar-refractivity contribution in [1.82, 2.24) is 24.3 Å². The number of aryl methyl sites for hydroxylation is 1. The first-order chi connectivity index (χ1) is 15.2. The number of hydrogen-bond donors (Lipinski definition) is 1. The van der Waals surface area contributed by atoms with E-state index in [4.69, 9.17) is 0 Å². The van der Waals surface area contributed by atoms with Gasteiger partial charge in [-0.25, -0.2) is 4.98 Å². The normalized spacial score (nSPS) is 16.0. The number of benzene rings is 2. The summed E-state index contributed by atoms with van der Waals surface area (Å²) in [7, 11) is 0. The van der Waals surface area contributed by atoms with Gasteiger partial charge in [0.25, 0.3) is 0 Å². The average Bonchev–Trinajstić information content (AvgIpc) is 3.32. The molecule has 0 fully saturated rings. The minimum absolute atomic E-state index is 0.00487. The van der Waals surface area contributed by atoms with Crippen molar-refractivity contribution in [2.24, 2.45) is 0 Å².